The van der Waals surface area contributed by atoms with Gasteiger partial charge in [0, 0.05) is 9.60 Å². The number of primary amides is 1. The molecule has 1 aliphatic rings. The van der Waals surface area contributed by atoms with Gasteiger partial charge in [0.2, 0.25) is 5.91 Å². The molecule has 1 aliphatic carbocycles. The summed E-state index contributed by atoms with van der Waals surface area (Å²) in [5, 5.41) is 9.45. The number of carbonyl (C=O) groups is 1. The third-order valence-corrected chi connectivity index (χ3v) is 1.78. The molecular weight excluding hydrogens is 154 g/mol. The monoisotopic (exact) mass is 178 g/mol. The van der Waals surface area contributed by atoms with Crippen molar-refractivity contribution in [1.82, 2.24) is 0 Å². The predicted octanol–water partition coefficient (Wildman–Crippen LogP) is 0.659. The van der Waals surface area contributed by atoms with Crippen LogP contribution in [0.3, 0.4) is 0 Å². The zero-order valence-corrected chi connectivity index (χ0v) is 6.79. The molecule has 0 aromatic heterocycles. The van der Waals surface area contributed by atoms with Crippen LogP contribution in [-0.2, 0) is 4.79 Å². The molecule has 0 saturated heterocycles. The molecule has 3 heteroatoms. The normalized spacial score (nSPS) is 46.7. The molecule has 1 saturated carbocycles. The van der Waals surface area contributed by atoms with Crippen LogP contribution in [0.25, 0.3) is 0 Å². The molecule has 12 heavy (non-hydrogen) atoms. The molecule has 0 radical (unpaired) electrons. The lowest BCUT2D eigenvalue weighted by molar-refractivity contribution is -0.128. The molecule has 1 fully saturated rings. The van der Waals surface area contributed by atoms with Gasteiger partial charge in [0.1, 0.15) is 6.10 Å². The van der Waals surface area contributed by atoms with Gasteiger partial charge in [0.25, 0.3) is 0 Å². The van der Waals surface area contributed by atoms with Gasteiger partial charge in [0.05, 0.1) is 0 Å². The second-order valence-electron chi connectivity index (χ2n) is 2.88. The molecule has 0 aliphatic heterocycles. The van der Waals surface area contributed by atoms with Crippen LogP contribution in [0, 0.1) is 11.8 Å². The Morgan fingerprint density at radius 2 is 2.50 bits per heavy atom. The Bertz CT molecular complexity index is 380. The van der Waals surface area contributed by atoms with E-state index in [0.29, 0.717) is 0 Å². The molecular formula is C9H17NO2. The number of hydrogen-bond donors (Lipinski definition) is 2. The smallest absolute Gasteiger partial charge is 0.246 e. The topological polar surface area (TPSA) is 63.3 Å². The summed E-state index contributed by atoms with van der Waals surface area (Å²) in [5.74, 6) is -4.38. The van der Waals surface area contributed by atoms with Gasteiger partial charge < -0.3 is 10.8 Å². The van der Waals surface area contributed by atoms with E-state index in [2.05, 4.69) is 0 Å². The molecule has 3 N–H and O–H groups in total. The zero-order valence-electron chi connectivity index (χ0n) is 13.8. The molecule has 0 bridgehead atoms. The molecule has 2 atom stereocenters. The van der Waals surface area contributed by atoms with E-state index in [9.17, 15) is 9.90 Å². The van der Waals surface area contributed by atoms with E-state index < -0.39 is 49.4 Å². The molecule has 3 nitrogen and oxygen atoms in total. The first kappa shape index (κ1) is 3.66. The van der Waals surface area contributed by atoms with E-state index in [-0.39, 0.29) is 0 Å². The average molecular weight is 178 g/mol. The zero-order chi connectivity index (χ0) is 15.4. The molecule has 0 spiro atoms. The number of hydrogen-bond acceptors (Lipinski definition) is 2. The molecule has 1 rings (SSSR count). The summed E-state index contributed by atoms with van der Waals surface area (Å²) < 4.78 is 53.1. The summed E-state index contributed by atoms with van der Waals surface area (Å²) in [7, 11) is 0. The highest BCUT2D eigenvalue weighted by Gasteiger charge is 2.26. The Morgan fingerprint density at radius 1 is 1.92 bits per heavy atom. The first-order valence-electron chi connectivity index (χ1n) is 7.21. The van der Waals surface area contributed by atoms with Crippen molar-refractivity contribution in [2.45, 2.75) is 38.6 Å². The Balaban J connectivity index is 3.03. The molecule has 0 aromatic rings. The van der Waals surface area contributed by atoms with Crippen LogP contribution in [-0.4, -0.2) is 17.1 Å². The van der Waals surface area contributed by atoms with Gasteiger partial charge in [0.15, 0.2) is 0 Å². The van der Waals surface area contributed by atoms with Crippen LogP contribution in [0.1, 0.15) is 42.1 Å². The van der Waals surface area contributed by atoms with Crippen LogP contribution in [0.5, 0.6) is 0 Å². The van der Waals surface area contributed by atoms with Crippen LogP contribution in [0.4, 0.5) is 0 Å². The first-order chi connectivity index (χ1) is 8.24. The fourth-order valence-corrected chi connectivity index (χ4v) is 0.967. The summed E-state index contributed by atoms with van der Waals surface area (Å²) in [4.78, 5) is 10.8. The van der Waals surface area contributed by atoms with Crippen LogP contribution < -0.4 is 5.73 Å². The third-order valence-electron chi connectivity index (χ3n) is 1.78. The fourth-order valence-electron chi connectivity index (χ4n) is 0.967. The van der Waals surface area contributed by atoms with Gasteiger partial charge in [-0.05, 0) is 18.2 Å². The van der Waals surface area contributed by atoms with Crippen molar-refractivity contribution in [2.24, 2.45) is 17.5 Å². The van der Waals surface area contributed by atoms with Crippen molar-refractivity contribution in [3.05, 3.63) is 0 Å². The van der Waals surface area contributed by atoms with E-state index >= 15 is 0 Å². The average Bonchev–Trinajstić information content (AvgIpc) is 2.25. The highest BCUT2D eigenvalue weighted by atomic mass is 16.3. The quantitative estimate of drug-likeness (QED) is 0.664. The number of nitrogens with two attached hydrogens (primary N) is 1. The van der Waals surface area contributed by atoms with Crippen molar-refractivity contribution >= 4 is 5.91 Å². The molecule has 0 aromatic carbocycles. The molecule has 70 valence electrons. The maximum atomic E-state index is 10.8. The molecule has 2 unspecified atom stereocenters. The number of aliphatic hydroxyl groups excluding tert-OH is 1. The maximum Gasteiger partial charge on any atom is 0.246 e. The summed E-state index contributed by atoms with van der Waals surface area (Å²) >= 11 is 0. The highest BCUT2D eigenvalue weighted by molar-refractivity contribution is 5.78. The van der Waals surface area contributed by atoms with E-state index in [1.165, 1.54) is 6.92 Å². The minimum absolute atomic E-state index is 0.517. The van der Waals surface area contributed by atoms with E-state index in [0.717, 1.165) is 0 Å². The SMILES string of the molecule is [2H]C1([2H])C([2H])([2H])C([2H])(CC(C)C(O)C(N)=O)C1([2H])[2H]. The van der Waals surface area contributed by atoms with Crippen LogP contribution in [0.15, 0.2) is 0 Å². The van der Waals surface area contributed by atoms with Gasteiger partial charge in [-0.2, -0.15) is 0 Å². The number of aliphatic hydroxyl groups is 1. The summed E-state index contributed by atoms with van der Waals surface area (Å²) in [5.41, 5.74) is 4.89. The lowest BCUT2D eigenvalue weighted by Gasteiger charge is -2.29. The van der Waals surface area contributed by atoms with Gasteiger partial charge in [-0.1, -0.05) is 26.0 Å². The second kappa shape index (κ2) is 3.90. The summed E-state index contributed by atoms with van der Waals surface area (Å²) in [6.45, 7) is 1.34. The summed E-state index contributed by atoms with van der Waals surface area (Å²) in [6, 6.07) is 0. The summed E-state index contributed by atoms with van der Waals surface area (Å²) in [6.07, 6.45) is -10.4. The van der Waals surface area contributed by atoms with Gasteiger partial charge >= 0.3 is 0 Å². The Morgan fingerprint density at radius 3 is 3.00 bits per heavy atom. The maximum absolute atomic E-state index is 10.8. The number of rotatable bonds is 4. The lowest BCUT2D eigenvalue weighted by atomic mass is 9.78. The first-order valence-corrected chi connectivity index (χ1v) is 3.71. The fraction of sp³-hybridized carbons (Fsp3) is 0.889. The van der Waals surface area contributed by atoms with Crippen LogP contribution >= 0.6 is 0 Å². The van der Waals surface area contributed by atoms with Crippen molar-refractivity contribution in [2.75, 3.05) is 0 Å². The van der Waals surface area contributed by atoms with Crippen molar-refractivity contribution in [3.63, 3.8) is 0 Å². The lowest BCUT2D eigenvalue weighted by Crippen LogP contribution is -2.35. The Kier molecular flexibility index (Phi) is 1.19. The third kappa shape index (κ3) is 2.21. The predicted molar refractivity (Wildman–Crippen MR) is 46.3 cm³/mol. The van der Waals surface area contributed by atoms with Gasteiger partial charge in [-0.15, -0.1) is 0 Å². The van der Waals surface area contributed by atoms with Crippen molar-refractivity contribution < 1.29 is 19.5 Å². The minimum atomic E-state index is -2.81. The second-order valence-corrected chi connectivity index (χ2v) is 2.88. The Hall–Kier alpha value is -0.570. The van der Waals surface area contributed by atoms with Gasteiger partial charge in [-0.3, -0.25) is 4.79 Å². The standard InChI is InChI=1S/C9H17NO2/c1-6(8(11)9(10)12)5-7-3-2-4-7/h6-8,11H,2-5H2,1H3,(H2,10,12)/i2D2,3D2,4D2,7D. The van der Waals surface area contributed by atoms with Crippen LogP contribution in [0.2, 0.25) is 0 Å². The molecule has 1 amide bonds. The number of carbonyl (C=O) groups excluding carboxylic acids is 1. The Labute approximate surface area is 82.8 Å². The van der Waals surface area contributed by atoms with Gasteiger partial charge in [-0.25, -0.2) is 0 Å². The number of amides is 1. The minimum Gasteiger partial charge on any atom is -0.383 e. The highest BCUT2D eigenvalue weighted by Crippen LogP contribution is 2.32. The van der Waals surface area contributed by atoms with E-state index in [1.54, 1.807) is 0 Å². The van der Waals surface area contributed by atoms with Crippen molar-refractivity contribution in [3.8, 4) is 0 Å². The van der Waals surface area contributed by atoms with Crippen molar-refractivity contribution in [1.29, 1.82) is 0 Å². The largest absolute Gasteiger partial charge is 0.383 e. The van der Waals surface area contributed by atoms with E-state index in [4.69, 9.17) is 15.3 Å². The molecule has 0 heterocycles. The van der Waals surface area contributed by atoms with E-state index in [1.807, 2.05) is 0 Å².